The minimum atomic E-state index is -0.351. The molecule has 1 amide bonds. The van der Waals surface area contributed by atoms with Gasteiger partial charge in [-0.2, -0.15) is 0 Å². The highest BCUT2D eigenvalue weighted by atomic mass is 19.1. The minimum absolute atomic E-state index is 0.278. The quantitative estimate of drug-likeness (QED) is 0.852. The molecule has 0 atom stereocenters. The Morgan fingerprint density at radius 1 is 1.24 bits per heavy atom. The van der Waals surface area contributed by atoms with Crippen LogP contribution in [0.4, 0.5) is 9.18 Å². The number of carbonyl (C=O) groups excluding carboxylic acids is 1. The average molecular weight is 345 g/mol. The maximum atomic E-state index is 13.3. The molecule has 1 aromatic carbocycles. The fraction of sp³-hybridized carbons (Fsp3) is 0.471. The number of aromatic nitrogens is 3. The lowest BCUT2D eigenvalue weighted by molar-refractivity contribution is 0.0605. The lowest BCUT2D eigenvalue weighted by atomic mass is 9.85. The third-order valence-electron chi connectivity index (χ3n) is 5.09. The molecule has 4 rings (SSSR count). The van der Waals surface area contributed by atoms with E-state index >= 15 is 0 Å². The van der Waals surface area contributed by atoms with Gasteiger partial charge in [0.25, 0.3) is 0 Å². The molecule has 7 nitrogen and oxygen atoms in total. The monoisotopic (exact) mass is 345 g/mol. The highest BCUT2D eigenvalue weighted by Gasteiger charge is 2.44. The van der Waals surface area contributed by atoms with Crippen molar-refractivity contribution in [2.24, 2.45) is 0 Å². The predicted octanol–water partition coefficient (Wildman–Crippen LogP) is 1.74. The number of nitrogens with zero attached hydrogens (tertiary/aromatic N) is 4. The van der Waals surface area contributed by atoms with Crippen LogP contribution < -0.4 is 5.32 Å². The molecule has 1 saturated heterocycles. The number of amides is 1. The molecule has 1 N–H and O–H groups in total. The molecule has 0 radical (unpaired) electrons. The van der Waals surface area contributed by atoms with Crippen LogP contribution in [0.5, 0.6) is 0 Å². The molecule has 132 valence electrons. The molecule has 0 unspecified atom stereocenters. The Morgan fingerprint density at radius 3 is 2.64 bits per heavy atom. The number of halogens is 1. The largest absolute Gasteiger partial charge is 0.453 e. The van der Waals surface area contributed by atoms with E-state index in [9.17, 15) is 9.18 Å². The van der Waals surface area contributed by atoms with Crippen molar-refractivity contribution >= 4 is 6.09 Å². The van der Waals surface area contributed by atoms with Crippen molar-refractivity contribution < 1.29 is 13.9 Å². The van der Waals surface area contributed by atoms with Crippen LogP contribution in [0, 0.1) is 5.82 Å². The summed E-state index contributed by atoms with van der Waals surface area (Å²) in [6.45, 7) is 2.63. The summed E-state index contributed by atoms with van der Waals surface area (Å²) in [5.41, 5.74) is 0.546. The summed E-state index contributed by atoms with van der Waals surface area (Å²) in [5, 5.41) is 12.0. The number of rotatable bonds is 1. The fourth-order valence-corrected chi connectivity index (χ4v) is 3.89. The standard InChI is InChI=1S/C17H20FN5O2/c1-25-16(24)22-10-14-20-21-15(12-2-4-13(18)5-3-12)23(14)17(11-22)6-8-19-9-7-17/h2-5,19H,6-11H2,1H3. The average Bonchev–Trinajstić information content (AvgIpc) is 3.07. The van der Waals surface area contributed by atoms with Gasteiger partial charge < -0.3 is 14.6 Å². The molecule has 8 heteroatoms. The molecule has 1 aromatic heterocycles. The summed E-state index contributed by atoms with van der Waals surface area (Å²) in [6.07, 6.45) is 1.37. The normalized spacial score (nSPS) is 18.9. The lowest BCUT2D eigenvalue weighted by Crippen LogP contribution is -2.56. The molecule has 0 bridgehead atoms. The van der Waals surface area contributed by atoms with Crippen molar-refractivity contribution in [1.29, 1.82) is 0 Å². The number of ether oxygens (including phenoxy) is 1. The second-order valence-electron chi connectivity index (χ2n) is 6.58. The van der Waals surface area contributed by atoms with Gasteiger partial charge >= 0.3 is 6.09 Å². The number of fused-ring (bicyclic) bond motifs is 2. The number of hydrogen-bond acceptors (Lipinski definition) is 5. The topological polar surface area (TPSA) is 72.3 Å². The number of hydrogen-bond donors (Lipinski definition) is 1. The summed E-state index contributed by atoms with van der Waals surface area (Å²) in [6, 6.07) is 6.29. The Morgan fingerprint density at radius 2 is 1.96 bits per heavy atom. The Kier molecular flexibility index (Phi) is 3.91. The van der Waals surface area contributed by atoms with Gasteiger partial charge in [0.2, 0.25) is 0 Å². The van der Waals surface area contributed by atoms with Crippen LogP contribution >= 0.6 is 0 Å². The second kappa shape index (κ2) is 6.11. The van der Waals surface area contributed by atoms with Crippen LogP contribution in [0.25, 0.3) is 11.4 Å². The third kappa shape index (κ3) is 2.66. The van der Waals surface area contributed by atoms with E-state index < -0.39 is 0 Å². The molecular weight excluding hydrogens is 325 g/mol. The first-order valence-electron chi connectivity index (χ1n) is 8.37. The molecule has 1 fully saturated rings. The Balaban J connectivity index is 1.81. The Bertz CT molecular complexity index is 783. The van der Waals surface area contributed by atoms with Crippen LogP contribution in [0.1, 0.15) is 18.7 Å². The highest BCUT2D eigenvalue weighted by Crippen LogP contribution is 2.38. The van der Waals surface area contributed by atoms with Gasteiger partial charge in [0.15, 0.2) is 11.6 Å². The maximum Gasteiger partial charge on any atom is 0.409 e. The van der Waals surface area contributed by atoms with Crippen LogP contribution in [0.3, 0.4) is 0 Å². The van der Waals surface area contributed by atoms with Gasteiger partial charge in [0.1, 0.15) is 5.82 Å². The van der Waals surface area contributed by atoms with E-state index in [0.717, 1.165) is 43.1 Å². The fourth-order valence-electron chi connectivity index (χ4n) is 3.89. The van der Waals surface area contributed by atoms with Crippen LogP contribution in [0.15, 0.2) is 24.3 Å². The van der Waals surface area contributed by atoms with Gasteiger partial charge in [0, 0.05) is 12.1 Å². The zero-order valence-electron chi connectivity index (χ0n) is 14.0. The van der Waals surface area contributed by atoms with Crippen molar-refractivity contribution in [3.05, 3.63) is 35.9 Å². The molecule has 3 heterocycles. The van der Waals surface area contributed by atoms with Crippen molar-refractivity contribution in [2.75, 3.05) is 26.7 Å². The van der Waals surface area contributed by atoms with Crippen molar-refractivity contribution in [2.45, 2.75) is 24.9 Å². The SMILES string of the molecule is COC(=O)N1Cc2nnc(-c3ccc(F)cc3)n2C2(CCNCC2)C1. The Hall–Kier alpha value is -2.48. The number of benzene rings is 1. The number of nitrogens with one attached hydrogen (secondary N) is 1. The highest BCUT2D eigenvalue weighted by molar-refractivity contribution is 5.68. The van der Waals surface area contributed by atoms with Crippen molar-refractivity contribution in [3.63, 3.8) is 0 Å². The first kappa shape index (κ1) is 16.0. The van der Waals surface area contributed by atoms with E-state index in [4.69, 9.17) is 4.74 Å². The Labute approximate surface area is 144 Å². The summed E-state index contributed by atoms with van der Waals surface area (Å²) in [7, 11) is 1.39. The zero-order valence-corrected chi connectivity index (χ0v) is 14.0. The molecule has 2 aromatic rings. The lowest BCUT2D eigenvalue weighted by Gasteiger charge is -2.46. The molecular formula is C17H20FN5O2. The van der Waals surface area contributed by atoms with Crippen LogP contribution in [0.2, 0.25) is 0 Å². The molecule has 2 aliphatic heterocycles. The maximum absolute atomic E-state index is 13.3. The number of methoxy groups -OCH3 is 1. The van der Waals surface area contributed by atoms with Gasteiger partial charge in [0.05, 0.1) is 19.2 Å². The van der Waals surface area contributed by atoms with E-state index in [1.165, 1.54) is 19.2 Å². The van der Waals surface area contributed by atoms with Crippen LogP contribution in [-0.4, -0.2) is 52.5 Å². The van der Waals surface area contributed by atoms with Gasteiger partial charge in [-0.25, -0.2) is 9.18 Å². The van der Waals surface area contributed by atoms with Gasteiger partial charge in [-0.05, 0) is 50.2 Å². The van der Waals surface area contributed by atoms with Gasteiger partial charge in [-0.15, -0.1) is 10.2 Å². The first-order chi connectivity index (χ1) is 12.1. The van der Waals surface area contributed by atoms with E-state index in [2.05, 4.69) is 20.1 Å². The van der Waals surface area contributed by atoms with Gasteiger partial charge in [-0.1, -0.05) is 0 Å². The second-order valence-corrected chi connectivity index (χ2v) is 6.58. The number of piperidine rings is 1. The summed E-state index contributed by atoms with van der Waals surface area (Å²) in [5.74, 6) is 1.18. The summed E-state index contributed by atoms with van der Waals surface area (Å²) in [4.78, 5) is 13.8. The molecule has 0 saturated carbocycles. The van der Waals surface area contributed by atoms with E-state index in [-0.39, 0.29) is 17.4 Å². The minimum Gasteiger partial charge on any atom is -0.453 e. The smallest absolute Gasteiger partial charge is 0.409 e. The number of carbonyl (C=O) groups is 1. The first-order valence-corrected chi connectivity index (χ1v) is 8.37. The van der Waals surface area contributed by atoms with E-state index in [0.29, 0.717) is 13.1 Å². The van der Waals surface area contributed by atoms with Gasteiger partial charge in [-0.3, -0.25) is 4.90 Å². The predicted molar refractivity (Wildman–Crippen MR) is 88.3 cm³/mol. The summed E-state index contributed by atoms with van der Waals surface area (Å²) >= 11 is 0. The van der Waals surface area contributed by atoms with Crippen molar-refractivity contribution in [3.8, 4) is 11.4 Å². The van der Waals surface area contributed by atoms with Crippen molar-refractivity contribution in [1.82, 2.24) is 25.0 Å². The third-order valence-corrected chi connectivity index (χ3v) is 5.09. The zero-order chi connectivity index (χ0) is 17.4. The van der Waals surface area contributed by atoms with E-state index in [1.807, 2.05) is 0 Å². The molecule has 0 aliphatic carbocycles. The molecule has 25 heavy (non-hydrogen) atoms. The molecule has 2 aliphatic rings. The van der Waals surface area contributed by atoms with E-state index in [1.54, 1.807) is 17.0 Å². The van der Waals surface area contributed by atoms with Crippen LogP contribution in [-0.2, 0) is 16.8 Å². The molecule has 1 spiro atoms. The summed E-state index contributed by atoms with van der Waals surface area (Å²) < 4.78 is 20.4.